The molecule has 19 heavy (non-hydrogen) atoms. The SMILES string of the molecule is CCCCCCCCCCCC(CCC)O[P+](=O)O. The smallest absolute Gasteiger partial charge is 0.133 e. The summed E-state index contributed by atoms with van der Waals surface area (Å²) < 4.78 is 15.7. The van der Waals surface area contributed by atoms with Crippen LogP contribution in [0.15, 0.2) is 0 Å². The monoisotopic (exact) mass is 291 g/mol. The van der Waals surface area contributed by atoms with Crippen molar-refractivity contribution in [3.63, 3.8) is 0 Å². The molecule has 0 bridgehead atoms. The van der Waals surface area contributed by atoms with Gasteiger partial charge in [0.15, 0.2) is 0 Å². The van der Waals surface area contributed by atoms with E-state index in [2.05, 4.69) is 13.8 Å². The molecule has 0 spiro atoms. The van der Waals surface area contributed by atoms with Gasteiger partial charge in [-0.25, -0.2) is 0 Å². The minimum Gasteiger partial charge on any atom is -0.133 e. The second-order valence-corrected chi connectivity index (χ2v) is 6.06. The van der Waals surface area contributed by atoms with Crippen molar-refractivity contribution in [1.29, 1.82) is 0 Å². The summed E-state index contributed by atoms with van der Waals surface area (Å²) in [6.07, 6.45) is 14.5. The first-order chi connectivity index (χ1) is 9.20. The molecular weight excluding hydrogens is 259 g/mol. The summed E-state index contributed by atoms with van der Waals surface area (Å²) >= 11 is 0. The third kappa shape index (κ3) is 14.2. The molecule has 0 aromatic rings. The molecule has 114 valence electrons. The molecule has 0 saturated carbocycles. The first-order valence-electron chi connectivity index (χ1n) is 8.03. The van der Waals surface area contributed by atoms with Gasteiger partial charge >= 0.3 is 8.25 Å². The van der Waals surface area contributed by atoms with Crippen molar-refractivity contribution < 1.29 is 14.0 Å². The number of hydrogen-bond acceptors (Lipinski definition) is 2. The van der Waals surface area contributed by atoms with Gasteiger partial charge in [-0.2, -0.15) is 0 Å². The molecule has 2 unspecified atom stereocenters. The molecule has 0 aliphatic carbocycles. The highest BCUT2D eigenvalue weighted by Crippen LogP contribution is 2.24. The molecule has 0 radical (unpaired) electrons. The van der Waals surface area contributed by atoms with Crippen LogP contribution in [0.1, 0.15) is 90.9 Å². The molecule has 0 saturated heterocycles. The maximum atomic E-state index is 10.7. The standard InChI is InChI=1S/C15H31O3P/c1-3-5-6-7-8-9-10-11-12-14-15(13-4-2)18-19(16)17/h15H,3-14H2,1-2H3/p+1. The fraction of sp³-hybridized carbons (Fsp3) is 1.00. The molecule has 0 aromatic heterocycles. The molecule has 0 aliphatic rings. The molecule has 0 amide bonds. The van der Waals surface area contributed by atoms with Gasteiger partial charge in [0, 0.05) is 4.57 Å². The highest BCUT2D eigenvalue weighted by Gasteiger charge is 2.21. The van der Waals surface area contributed by atoms with Gasteiger partial charge in [-0.05, 0) is 12.8 Å². The van der Waals surface area contributed by atoms with Crippen molar-refractivity contribution in [1.82, 2.24) is 0 Å². The minimum absolute atomic E-state index is 0.0248. The lowest BCUT2D eigenvalue weighted by atomic mass is 10.0. The Kier molecular flexibility index (Phi) is 14.4. The van der Waals surface area contributed by atoms with E-state index in [1.165, 1.54) is 51.4 Å². The minimum atomic E-state index is -2.44. The summed E-state index contributed by atoms with van der Waals surface area (Å²) in [6.45, 7) is 4.33. The van der Waals surface area contributed by atoms with Gasteiger partial charge in [0.2, 0.25) is 0 Å². The highest BCUT2D eigenvalue weighted by atomic mass is 31.1. The predicted octanol–water partition coefficient (Wildman–Crippen LogP) is 5.74. The third-order valence-electron chi connectivity index (χ3n) is 3.48. The third-order valence-corrected chi connectivity index (χ3v) is 3.96. The second kappa shape index (κ2) is 14.4. The molecule has 0 aromatic carbocycles. The van der Waals surface area contributed by atoms with E-state index in [-0.39, 0.29) is 6.10 Å². The van der Waals surface area contributed by atoms with E-state index < -0.39 is 8.25 Å². The zero-order chi connectivity index (χ0) is 14.3. The fourth-order valence-corrected chi connectivity index (χ4v) is 2.85. The predicted molar refractivity (Wildman–Crippen MR) is 81.5 cm³/mol. The van der Waals surface area contributed by atoms with Crippen molar-refractivity contribution >= 4 is 8.25 Å². The van der Waals surface area contributed by atoms with Crippen molar-refractivity contribution in [3.05, 3.63) is 0 Å². The number of unbranched alkanes of at least 4 members (excludes halogenated alkanes) is 8. The van der Waals surface area contributed by atoms with Crippen molar-refractivity contribution in [3.8, 4) is 0 Å². The topological polar surface area (TPSA) is 46.5 Å². The summed E-state index contributed by atoms with van der Waals surface area (Å²) in [4.78, 5) is 8.78. The van der Waals surface area contributed by atoms with Gasteiger partial charge in [0.1, 0.15) is 6.10 Å². The van der Waals surface area contributed by atoms with Crippen LogP contribution in [0.3, 0.4) is 0 Å². The van der Waals surface area contributed by atoms with Crippen LogP contribution in [0.2, 0.25) is 0 Å². The van der Waals surface area contributed by atoms with Crippen LogP contribution in [0.5, 0.6) is 0 Å². The van der Waals surface area contributed by atoms with Crippen molar-refractivity contribution in [2.75, 3.05) is 0 Å². The molecule has 4 heteroatoms. The Labute approximate surface area is 120 Å². The Bertz CT molecular complexity index is 210. The first-order valence-corrected chi connectivity index (χ1v) is 9.16. The molecule has 0 aliphatic heterocycles. The van der Waals surface area contributed by atoms with E-state index in [0.717, 1.165) is 25.7 Å². The van der Waals surface area contributed by atoms with Gasteiger partial charge in [0.05, 0.1) is 0 Å². The Morgan fingerprint density at radius 1 is 0.842 bits per heavy atom. The van der Waals surface area contributed by atoms with E-state index in [9.17, 15) is 4.57 Å². The van der Waals surface area contributed by atoms with Crippen LogP contribution in [0.25, 0.3) is 0 Å². The van der Waals surface area contributed by atoms with Gasteiger partial charge in [-0.15, -0.1) is 9.42 Å². The maximum Gasteiger partial charge on any atom is 0.694 e. The molecule has 0 rings (SSSR count). The van der Waals surface area contributed by atoms with Crippen molar-refractivity contribution in [2.45, 2.75) is 97.0 Å². The van der Waals surface area contributed by atoms with Gasteiger partial charge in [0.25, 0.3) is 0 Å². The zero-order valence-electron chi connectivity index (χ0n) is 12.8. The van der Waals surface area contributed by atoms with Crippen LogP contribution in [-0.4, -0.2) is 11.0 Å². The Balaban J connectivity index is 3.36. The summed E-state index contributed by atoms with van der Waals surface area (Å²) in [5.74, 6) is 0. The average Bonchev–Trinajstić information content (AvgIpc) is 2.36. The van der Waals surface area contributed by atoms with Crippen LogP contribution < -0.4 is 0 Å². The Morgan fingerprint density at radius 3 is 1.84 bits per heavy atom. The summed E-state index contributed by atoms with van der Waals surface area (Å²) in [7, 11) is -2.44. The van der Waals surface area contributed by atoms with Crippen LogP contribution in [0, 0.1) is 0 Å². The lowest BCUT2D eigenvalue weighted by molar-refractivity contribution is 0.165. The zero-order valence-corrected chi connectivity index (χ0v) is 13.7. The highest BCUT2D eigenvalue weighted by molar-refractivity contribution is 7.32. The number of hydrogen-bond donors (Lipinski definition) is 1. The van der Waals surface area contributed by atoms with Crippen molar-refractivity contribution in [2.24, 2.45) is 0 Å². The molecule has 2 atom stereocenters. The van der Waals surface area contributed by atoms with E-state index in [4.69, 9.17) is 9.42 Å². The van der Waals surface area contributed by atoms with E-state index >= 15 is 0 Å². The van der Waals surface area contributed by atoms with Crippen LogP contribution >= 0.6 is 8.25 Å². The average molecular weight is 291 g/mol. The first kappa shape index (κ1) is 19.0. The second-order valence-electron chi connectivity index (χ2n) is 5.37. The molecule has 3 nitrogen and oxygen atoms in total. The molecule has 0 fully saturated rings. The fourth-order valence-electron chi connectivity index (χ4n) is 2.38. The summed E-state index contributed by atoms with van der Waals surface area (Å²) in [5.41, 5.74) is 0. The normalized spacial score (nSPS) is 13.5. The van der Waals surface area contributed by atoms with Gasteiger partial charge in [-0.1, -0.05) is 78.1 Å². The van der Waals surface area contributed by atoms with Crippen LogP contribution in [0.4, 0.5) is 0 Å². The Hall–Kier alpha value is 0.0200. The maximum absolute atomic E-state index is 10.7. The largest absolute Gasteiger partial charge is 0.694 e. The van der Waals surface area contributed by atoms with Gasteiger partial charge < -0.3 is 0 Å². The molecule has 0 heterocycles. The molecule has 1 N–H and O–H groups in total. The molecular formula is C15H32O3P+. The quantitative estimate of drug-likeness (QED) is 0.328. The summed E-state index contributed by atoms with van der Waals surface area (Å²) in [5, 5.41) is 0. The summed E-state index contributed by atoms with van der Waals surface area (Å²) in [6, 6.07) is 0. The lowest BCUT2D eigenvalue weighted by Gasteiger charge is -2.08. The van der Waals surface area contributed by atoms with Gasteiger partial charge in [-0.3, -0.25) is 0 Å². The van der Waals surface area contributed by atoms with Crippen LogP contribution in [-0.2, 0) is 9.09 Å². The van der Waals surface area contributed by atoms with E-state index in [1.54, 1.807) is 0 Å². The lowest BCUT2D eigenvalue weighted by Crippen LogP contribution is -2.08. The van der Waals surface area contributed by atoms with E-state index in [1.807, 2.05) is 0 Å². The Morgan fingerprint density at radius 2 is 1.37 bits per heavy atom. The number of rotatable bonds is 14. The van der Waals surface area contributed by atoms with E-state index in [0.29, 0.717) is 0 Å².